The molecule has 0 aliphatic carbocycles. The third-order valence-corrected chi connectivity index (χ3v) is 2.01. The molecule has 82 valence electrons. The lowest BCUT2D eigenvalue weighted by atomic mass is 9.95. The van der Waals surface area contributed by atoms with Crippen LogP contribution in [0, 0.1) is 5.92 Å². The lowest BCUT2D eigenvalue weighted by Crippen LogP contribution is -2.48. The van der Waals surface area contributed by atoms with Gasteiger partial charge in [-0.2, -0.15) is 0 Å². The first-order valence-electron chi connectivity index (χ1n) is 4.35. The Kier molecular flexibility index (Phi) is 5.11. The van der Waals surface area contributed by atoms with Gasteiger partial charge in [-0.3, -0.25) is 9.59 Å². The number of carbonyl (C=O) groups excluding carboxylic acids is 2. The van der Waals surface area contributed by atoms with Crippen LogP contribution in [0.25, 0.3) is 0 Å². The highest BCUT2D eigenvalue weighted by molar-refractivity contribution is 5.88. The summed E-state index contributed by atoms with van der Waals surface area (Å²) in [6, 6.07) is -0.993. The van der Waals surface area contributed by atoms with Crippen LogP contribution in [0.1, 0.15) is 6.42 Å². The summed E-state index contributed by atoms with van der Waals surface area (Å²) in [5.74, 6) is -1.97. The molecule has 0 rings (SSSR count). The lowest BCUT2D eigenvalue weighted by molar-refractivity contribution is -0.128. The molecule has 0 aromatic rings. The van der Waals surface area contributed by atoms with Crippen molar-refractivity contribution in [2.45, 2.75) is 12.5 Å². The van der Waals surface area contributed by atoms with Crippen molar-refractivity contribution < 1.29 is 9.59 Å². The highest BCUT2D eigenvalue weighted by atomic mass is 16.2. The molecule has 14 heavy (non-hydrogen) atoms. The molecule has 6 nitrogen and oxygen atoms in total. The fourth-order valence-corrected chi connectivity index (χ4v) is 1.09. The van der Waals surface area contributed by atoms with Gasteiger partial charge < -0.3 is 22.1 Å². The molecule has 0 aliphatic heterocycles. The van der Waals surface area contributed by atoms with Crippen molar-refractivity contribution in [2.24, 2.45) is 23.1 Å². The maximum atomic E-state index is 11.0. The Labute approximate surface area is 83.4 Å². The number of amides is 2. The monoisotopic (exact) mass is 202 g/mol. The minimum atomic E-state index is -0.993. The van der Waals surface area contributed by atoms with E-state index in [-0.39, 0.29) is 0 Å². The van der Waals surface area contributed by atoms with E-state index < -0.39 is 23.8 Å². The Morgan fingerprint density at radius 2 is 1.71 bits per heavy atom. The van der Waals surface area contributed by atoms with E-state index in [1.165, 1.54) is 0 Å². The number of nitrogens with two attached hydrogens (primary N) is 3. The van der Waals surface area contributed by atoms with Gasteiger partial charge in [0.1, 0.15) is 0 Å². The second-order valence-electron chi connectivity index (χ2n) is 3.53. The van der Waals surface area contributed by atoms with Gasteiger partial charge in [0.15, 0.2) is 0 Å². The SMILES string of the molecule is CN(C)CCC(C(N)=O)C(N)C(N)=O. The molecule has 0 radical (unpaired) electrons. The summed E-state index contributed by atoms with van der Waals surface area (Å²) in [5.41, 5.74) is 15.6. The van der Waals surface area contributed by atoms with Gasteiger partial charge in [0.05, 0.1) is 12.0 Å². The zero-order valence-electron chi connectivity index (χ0n) is 8.56. The molecule has 2 atom stereocenters. The van der Waals surface area contributed by atoms with Gasteiger partial charge in [-0.15, -0.1) is 0 Å². The molecule has 0 aromatic heterocycles. The molecule has 0 saturated heterocycles. The number of primary amides is 2. The van der Waals surface area contributed by atoms with Gasteiger partial charge >= 0.3 is 0 Å². The van der Waals surface area contributed by atoms with E-state index in [1.807, 2.05) is 19.0 Å². The van der Waals surface area contributed by atoms with Crippen molar-refractivity contribution in [1.82, 2.24) is 4.90 Å². The Morgan fingerprint density at radius 3 is 2.00 bits per heavy atom. The minimum absolute atomic E-state index is 0.437. The van der Waals surface area contributed by atoms with E-state index in [2.05, 4.69) is 0 Å². The van der Waals surface area contributed by atoms with Crippen LogP contribution in [0.2, 0.25) is 0 Å². The van der Waals surface area contributed by atoms with Gasteiger partial charge in [0.25, 0.3) is 0 Å². The van der Waals surface area contributed by atoms with Gasteiger partial charge in [0, 0.05) is 0 Å². The fraction of sp³-hybridized carbons (Fsp3) is 0.750. The number of nitrogens with zero attached hydrogens (tertiary/aromatic N) is 1. The molecule has 0 spiro atoms. The van der Waals surface area contributed by atoms with E-state index in [4.69, 9.17) is 17.2 Å². The molecule has 0 heterocycles. The van der Waals surface area contributed by atoms with Crippen LogP contribution >= 0.6 is 0 Å². The molecule has 0 aliphatic rings. The molecule has 0 saturated carbocycles. The van der Waals surface area contributed by atoms with E-state index in [9.17, 15) is 9.59 Å². The highest BCUT2D eigenvalue weighted by Gasteiger charge is 2.27. The van der Waals surface area contributed by atoms with E-state index in [0.29, 0.717) is 13.0 Å². The number of rotatable bonds is 6. The Hall–Kier alpha value is -1.14. The Bertz CT molecular complexity index is 217. The topological polar surface area (TPSA) is 115 Å². The lowest BCUT2D eigenvalue weighted by Gasteiger charge is -2.19. The highest BCUT2D eigenvalue weighted by Crippen LogP contribution is 2.07. The molecule has 2 amide bonds. The van der Waals surface area contributed by atoms with Crippen molar-refractivity contribution in [2.75, 3.05) is 20.6 Å². The van der Waals surface area contributed by atoms with Crippen molar-refractivity contribution in [3.05, 3.63) is 0 Å². The maximum absolute atomic E-state index is 11.0. The molecular formula is C8H18N4O2. The quantitative estimate of drug-likeness (QED) is 0.455. The van der Waals surface area contributed by atoms with Crippen molar-refractivity contribution >= 4 is 11.8 Å². The largest absolute Gasteiger partial charge is 0.369 e. The van der Waals surface area contributed by atoms with Gasteiger partial charge in [-0.25, -0.2) is 0 Å². The van der Waals surface area contributed by atoms with Gasteiger partial charge in [-0.05, 0) is 27.1 Å². The predicted molar refractivity (Wildman–Crippen MR) is 53.0 cm³/mol. The zero-order chi connectivity index (χ0) is 11.3. The summed E-state index contributed by atoms with van der Waals surface area (Å²) in [4.78, 5) is 23.6. The summed E-state index contributed by atoms with van der Waals surface area (Å²) in [6.07, 6.45) is 0.437. The molecule has 0 bridgehead atoms. The normalized spacial score (nSPS) is 15.1. The van der Waals surface area contributed by atoms with Crippen molar-refractivity contribution in [1.29, 1.82) is 0 Å². The van der Waals surface area contributed by atoms with Crippen molar-refractivity contribution in [3.8, 4) is 0 Å². The number of hydrogen-bond donors (Lipinski definition) is 3. The van der Waals surface area contributed by atoms with Crippen LogP contribution in [0.5, 0.6) is 0 Å². The molecule has 0 aromatic carbocycles. The van der Waals surface area contributed by atoms with Crippen LogP contribution in [0.3, 0.4) is 0 Å². The number of carbonyl (C=O) groups is 2. The van der Waals surface area contributed by atoms with Crippen LogP contribution < -0.4 is 17.2 Å². The van der Waals surface area contributed by atoms with Crippen LogP contribution in [0.4, 0.5) is 0 Å². The smallest absolute Gasteiger partial charge is 0.235 e. The van der Waals surface area contributed by atoms with E-state index in [1.54, 1.807) is 0 Å². The predicted octanol–water partition coefficient (Wildman–Crippen LogP) is -2.15. The standard InChI is InChI=1S/C8H18N4O2/c1-12(2)4-3-5(7(10)13)6(9)8(11)14/h5-6H,3-4,9H2,1-2H3,(H2,10,13)(H2,11,14). The van der Waals surface area contributed by atoms with Crippen LogP contribution in [-0.2, 0) is 9.59 Å². The summed E-state index contributed by atoms with van der Waals surface area (Å²) in [5, 5.41) is 0. The van der Waals surface area contributed by atoms with E-state index >= 15 is 0 Å². The molecule has 6 heteroatoms. The third kappa shape index (κ3) is 4.20. The van der Waals surface area contributed by atoms with Crippen LogP contribution in [0.15, 0.2) is 0 Å². The second kappa shape index (κ2) is 5.56. The maximum Gasteiger partial charge on any atom is 0.235 e. The Balaban J connectivity index is 4.29. The average molecular weight is 202 g/mol. The number of hydrogen-bond acceptors (Lipinski definition) is 4. The summed E-state index contributed by atoms with van der Waals surface area (Å²) < 4.78 is 0. The first-order valence-corrected chi connectivity index (χ1v) is 4.35. The Morgan fingerprint density at radius 1 is 1.21 bits per heavy atom. The zero-order valence-corrected chi connectivity index (χ0v) is 8.56. The van der Waals surface area contributed by atoms with E-state index in [0.717, 1.165) is 0 Å². The first kappa shape index (κ1) is 12.9. The van der Waals surface area contributed by atoms with Gasteiger partial charge in [0.2, 0.25) is 11.8 Å². The average Bonchev–Trinajstić information content (AvgIpc) is 2.02. The molecule has 2 unspecified atom stereocenters. The minimum Gasteiger partial charge on any atom is -0.369 e. The summed E-state index contributed by atoms with van der Waals surface area (Å²) >= 11 is 0. The third-order valence-electron chi connectivity index (χ3n) is 2.01. The molecule has 6 N–H and O–H groups in total. The van der Waals surface area contributed by atoms with Crippen LogP contribution in [-0.4, -0.2) is 43.4 Å². The van der Waals surface area contributed by atoms with Crippen molar-refractivity contribution in [3.63, 3.8) is 0 Å². The summed E-state index contributed by atoms with van der Waals surface area (Å²) in [6.45, 7) is 0.634. The first-order chi connectivity index (χ1) is 6.36. The molecule has 0 fully saturated rings. The van der Waals surface area contributed by atoms with Gasteiger partial charge in [-0.1, -0.05) is 0 Å². The summed E-state index contributed by atoms with van der Waals surface area (Å²) in [7, 11) is 3.71. The fourth-order valence-electron chi connectivity index (χ4n) is 1.09. The second-order valence-corrected chi connectivity index (χ2v) is 3.53. The molecular weight excluding hydrogens is 184 g/mol.